The summed E-state index contributed by atoms with van der Waals surface area (Å²) in [5.74, 6) is 0.292. The molecule has 0 fully saturated rings. The summed E-state index contributed by atoms with van der Waals surface area (Å²) in [5, 5.41) is 3.23. The van der Waals surface area contributed by atoms with Crippen molar-refractivity contribution in [1.82, 2.24) is 15.0 Å². The lowest BCUT2D eigenvalue weighted by atomic mass is 10.2. The molecule has 0 atom stereocenters. The zero-order valence-electron chi connectivity index (χ0n) is 11.4. The molecule has 1 heterocycles. The first-order valence-corrected chi connectivity index (χ1v) is 7.70. The molecule has 1 rings (SSSR count). The van der Waals surface area contributed by atoms with Crippen LogP contribution in [0.2, 0.25) is 0 Å². The molecule has 0 aliphatic rings. The predicted molar refractivity (Wildman–Crippen MR) is 72.8 cm³/mol. The van der Waals surface area contributed by atoms with Crippen LogP contribution in [0.5, 0.6) is 0 Å². The van der Waals surface area contributed by atoms with Crippen molar-refractivity contribution in [2.45, 2.75) is 45.2 Å². The number of nitrogens with one attached hydrogen (secondary N) is 3. The van der Waals surface area contributed by atoms with E-state index in [2.05, 4.69) is 15.0 Å². The minimum atomic E-state index is -3.38. The van der Waals surface area contributed by atoms with E-state index in [0.717, 1.165) is 5.69 Å². The predicted octanol–water partition coefficient (Wildman–Crippen LogP) is 1.45. The molecule has 1 aromatic rings. The van der Waals surface area contributed by atoms with Crippen LogP contribution in [0.3, 0.4) is 0 Å². The van der Waals surface area contributed by atoms with Gasteiger partial charge in [-0.3, -0.25) is 0 Å². The van der Waals surface area contributed by atoms with Crippen LogP contribution in [0.4, 0.5) is 0 Å². The van der Waals surface area contributed by atoms with Crippen LogP contribution in [-0.2, 0) is 16.6 Å². The van der Waals surface area contributed by atoms with E-state index in [-0.39, 0.29) is 0 Å². The van der Waals surface area contributed by atoms with Crippen molar-refractivity contribution in [1.29, 1.82) is 0 Å². The van der Waals surface area contributed by atoms with Crippen LogP contribution in [-0.4, -0.2) is 26.0 Å². The normalized spacial score (nSPS) is 12.6. The standard InChI is InChI=1S/C12H23N3O2S/c1-9(2)6-15-18(16,17)12-5-11(14-8-12)7-13-10(3)4/h5,8-10,13-15H,6-7H2,1-4H3. The molecule has 0 amide bonds. The van der Waals surface area contributed by atoms with Gasteiger partial charge in [-0.05, 0) is 12.0 Å². The number of hydrogen-bond donors (Lipinski definition) is 3. The molecule has 6 heteroatoms. The third-order valence-corrected chi connectivity index (χ3v) is 3.81. The van der Waals surface area contributed by atoms with Gasteiger partial charge < -0.3 is 10.3 Å². The SMILES string of the molecule is CC(C)CNS(=O)(=O)c1c[nH]c(CNC(C)C)c1. The summed E-state index contributed by atoms with van der Waals surface area (Å²) in [4.78, 5) is 3.27. The van der Waals surface area contributed by atoms with Gasteiger partial charge in [-0.15, -0.1) is 0 Å². The number of hydrogen-bond acceptors (Lipinski definition) is 3. The maximum atomic E-state index is 11.9. The summed E-state index contributed by atoms with van der Waals surface area (Å²) >= 11 is 0. The summed E-state index contributed by atoms with van der Waals surface area (Å²) < 4.78 is 26.5. The lowest BCUT2D eigenvalue weighted by Gasteiger charge is -2.07. The van der Waals surface area contributed by atoms with E-state index in [0.29, 0.717) is 29.9 Å². The number of rotatable bonds is 7. The fourth-order valence-corrected chi connectivity index (χ4v) is 2.58. The van der Waals surface area contributed by atoms with Gasteiger partial charge in [0.25, 0.3) is 0 Å². The second-order valence-corrected chi connectivity index (χ2v) is 6.91. The number of aromatic nitrogens is 1. The van der Waals surface area contributed by atoms with Gasteiger partial charge in [0.1, 0.15) is 0 Å². The largest absolute Gasteiger partial charge is 0.363 e. The molecular weight excluding hydrogens is 250 g/mol. The highest BCUT2D eigenvalue weighted by Crippen LogP contribution is 2.11. The molecule has 0 radical (unpaired) electrons. The molecule has 3 N–H and O–H groups in total. The van der Waals surface area contributed by atoms with Crippen LogP contribution in [0.25, 0.3) is 0 Å². The molecule has 0 unspecified atom stereocenters. The number of sulfonamides is 1. The first kappa shape index (κ1) is 15.2. The highest BCUT2D eigenvalue weighted by molar-refractivity contribution is 7.89. The number of aromatic amines is 1. The molecule has 0 spiro atoms. The van der Waals surface area contributed by atoms with Crippen molar-refractivity contribution in [3.8, 4) is 0 Å². The van der Waals surface area contributed by atoms with Crippen LogP contribution < -0.4 is 10.0 Å². The average molecular weight is 273 g/mol. The molecule has 1 aromatic heterocycles. The monoisotopic (exact) mass is 273 g/mol. The summed E-state index contributed by atoms with van der Waals surface area (Å²) in [6.45, 7) is 9.12. The number of H-pyrrole nitrogens is 1. The van der Waals surface area contributed by atoms with E-state index in [1.165, 1.54) is 6.20 Å². The Hall–Kier alpha value is -0.850. The smallest absolute Gasteiger partial charge is 0.242 e. The Balaban J connectivity index is 2.66. The van der Waals surface area contributed by atoms with Crippen LogP contribution in [0, 0.1) is 5.92 Å². The third kappa shape index (κ3) is 4.80. The van der Waals surface area contributed by atoms with Crippen molar-refractivity contribution in [3.63, 3.8) is 0 Å². The summed E-state index contributed by atoms with van der Waals surface area (Å²) in [6.07, 6.45) is 1.53. The Morgan fingerprint density at radius 1 is 1.28 bits per heavy atom. The molecule has 18 heavy (non-hydrogen) atoms. The first-order valence-electron chi connectivity index (χ1n) is 6.21. The Morgan fingerprint density at radius 2 is 1.94 bits per heavy atom. The van der Waals surface area contributed by atoms with Crippen molar-refractivity contribution >= 4 is 10.0 Å². The van der Waals surface area contributed by atoms with Gasteiger partial charge in [-0.1, -0.05) is 27.7 Å². The average Bonchev–Trinajstić information content (AvgIpc) is 2.73. The first-order chi connectivity index (χ1) is 8.31. The van der Waals surface area contributed by atoms with Crippen LogP contribution >= 0.6 is 0 Å². The summed E-state index contributed by atoms with van der Waals surface area (Å²) in [7, 11) is -3.38. The molecule has 0 aromatic carbocycles. The van der Waals surface area contributed by atoms with Gasteiger partial charge in [0.2, 0.25) is 10.0 Å². The maximum absolute atomic E-state index is 11.9. The minimum absolute atomic E-state index is 0.292. The second-order valence-electron chi connectivity index (χ2n) is 5.14. The zero-order chi connectivity index (χ0) is 13.8. The van der Waals surface area contributed by atoms with Gasteiger partial charge in [-0.2, -0.15) is 0 Å². The highest BCUT2D eigenvalue weighted by atomic mass is 32.2. The van der Waals surface area contributed by atoms with E-state index < -0.39 is 10.0 Å². The van der Waals surface area contributed by atoms with Crippen molar-refractivity contribution < 1.29 is 8.42 Å². The Kier molecular flexibility index (Phi) is 5.37. The molecule has 0 saturated heterocycles. The zero-order valence-corrected chi connectivity index (χ0v) is 12.3. The molecule has 0 aliphatic carbocycles. The molecule has 104 valence electrons. The fourth-order valence-electron chi connectivity index (χ4n) is 1.35. The summed E-state index contributed by atoms with van der Waals surface area (Å²) in [5.41, 5.74) is 0.869. The minimum Gasteiger partial charge on any atom is -0.363 e. The lowest BCUT2D eigenvalue weighted by Crippen LogP contribution is -2.27. The van der Waals surface area contributed by atoms with Gasteiger partial charge in [0, 0.05) is 31.0 Å². The van der Waals surface area contributed by atoms with E-state index in [1.54, 1.807) is 6.07 Å². The maximum Gasteiger partial charge on any atom is 0.242 e. The highest BCUT2D eigenvalue weighted by Gasteiger charge is 2.15. The lowest BCUT2D eigenvalue weighted by molar-refractivity contribution is 0.560. The topological polar surface area (TPSA) is 74.0 Å². The molecular formula is C12H23N3O2S. The van der Waals surface area contributed by atoms with Crippen molar-refractivity contribution in [2.24, 2.45) is 5.92 Å². The van der Waals surface area contributed by atoms with Gasteiger partial charge in [0.05, 0.1) is 4.90 Å². The van der Waals surface area contributed by atoms with Gasteiger partial charge in [0.15, 0.2) is 0 Å². The fraction of sp³-hybridized carbons (Fsp3) is 0.667. The molecule has 0 aliphatic heterocycles. The van der Waals surface area contributed by atoms with Crippen LogP contribution in [0.1, 0.15) is 33.4 Å². The van der Waals surface area contributed by atoms with E-state index >= 15 is 0 Å². The van der Waals surface area contributed by atoms with E-state index in [1.807, 2.05) is 27.7 Å². The molecule has 0 bridgehead atoms. The molecule has 0 saturated carbocycles. The third-order valence-electron chi connectivity index (χ3n) is 2.41. The van der Waals surface area contributed by atoms with Gasteiger partial charge >= 0.3 is 0 Å². The van der Waals surface area contributed by atoms with E-state index in [4.69, 9.17) is 0 Å². The second kappa shape index (κ2) is 6.36. The van der Waals surface area contributed by atoms with Crippen molar-refractivity contribution in [2.75, 3.05) is 6.54 Å². The Morgan fingerprint density at radius 3 is 2.50 bits per heavy atom. The van der Waals surface area contributed by atoms with Crippen LogP contribution in [0.15, 0.2) is 17.2 Å². The Bertz CT molecular complexity index is 463. The molecule has 5 nitrogen and oxygen atoms in total. The van der Waals surface area contributed by atoms with E-state index in [9.17, 15) is 8.42 Å². The summed E-state index contributed by atoms with van der Waals surface area (Å²) in [6, 6.07) is 2.03. The van der Waals surface area contributed by atoms with Crippen molar-refractivity contribution in [3.05, 3.63) is 18.0 Å². The quantitative estimate of drug-likeness (QED) is 0.704. The Labute approximate surface area is 109 Å². The van der Waals surface area contributed by atoms with Gasteiger partial charge in [-0.25, -0.2) is 13.1 Å².